The monoisotopic (exact) mass is 176 g/mol. The van der Waals surface area contributed by atoms with Crippen molar-refractivity contribution in [3.8, 4) is 5.75 Å². The Hall–Kier alpha value is -1.09. The molecule has 1 unspecified atom stereocenters. The Kier molecular flexibility index (Phi) is 1.38. The summed E-state index contributed by atoms with van der Waals surface area (Å²) in [4.78, 5) is 4.37. The third-order valence-corrected chi connectivity index (χ3v) is 2.73. The second-order valence-electron chi connectivity index (χ2n) is 3.81. The van der Waals surface area contributed by atoms with Crippen LogP contribution in [-0.2, 0) is 0 Å². The summed E-state index contributed by atoms with van der Waals surface area (Å²) in [5.41, 5.74) is 8.15. The van der Waals surface area contributed by atoms with Crippen LogP contribution in [-0.4, -0.2) is 11.6 Å². The summed E-state index contributed by atoms with van der Waals surface area (Å²) in [6.07, 6.45) is 4.35. The van der Waals surface area contributed by atoms with Crippen LogP contribution in [0.1, 0.15) is 36.1 Å². The van der Waals surface area contributed by atoms with Crippen LogP contribution < -0.4 is 10.5 Å². The van der Waals surface area contributed by atoms with E-state index < -0.39 is 0 Å². The Morgan fingerprint density at radius 2 is 2.31 bits per heavy atom. The first kappa shape index (κ1) is 7.33. The lowest BCUT2D eigenvalue weighted by molar-refractivity contribution is 0.329. The first-order chi connectivity index (χ1) is 6.36. The number of ether oxygens (including phenoxy) is 1. The van der Waals surface area contributed by atoms with E-state index in [1.165, 1.54) is 12.8 Å². The molecule has 0 saturated heterocycles. The summed E-state index contributed by atoms with van der Waals surface area (Å²) in [6.45, 7) is 0.612. The molecular weight excluding hydrogens is 164 g/mol. The Morgan fingerprint density at radius 3 is 3.08 bits per heavy atom. The van der Waals surface area contributed by atoms with Crippen LogP contribution in [0, 0.1) is 0 Å². The molecule has 1 aliphatic heterocycles. The number of fused-ring (bicyclic) bond motifs is 1. The molecule has 3 rings (SSSR count). The van der Waals surface area contributed by atoms with Crippen LogP contribution in [0.3, 0.4) is 0 Å². The third kappa shape index (κ3) is 1.04. The fourth-order valence-electron chi connectivity index (χ4n) is 1.84. The van der Waals surface area contributed by atoms with E-state index in [-0.39, 0.29) is 6.04 Å². The topological polar surface area (TPSA) is 48.1 Å². The molecule has 0 spiro atoms. The van der Waals surface area contributed by atoms with Gasteiger partial charge in [0, 0.05) is 17.7 Å². The van der Waals surface area contributed by atoms with Gasteiger partial charge in [0.15, 0.2) is 0 Å². The fraction of sp³-hybridized carbons (Fsp3) is 0.500. The molecule has 0 radical (unpaired) electrons. The van der Waals surface area contributed by atoms with Crippen molar-refractivity contribution in [1.82, 2.24) is 4.98 Å². The maximum absolute atomic E-state index is 5.88. The summed E-state index contributed by atoms with van der Waals surface area (Å²) in [5, 5.41) is 0. The van der Waals surface area contributed by atoms with Crippen molar-refractivity contribution in [2.45, 2.75) is 24.8 Å². The summed E-state index contributed by atoms with van der Waals surface area (Å²) in [5.74, 6) is 1.61. The van der Waals surface area contributed by atoms with Crippen molar-refractivity contribution in [3.05, 3.63) is 23.5 Å². The molecule has 68 valence electrons. The van der Waals surface area contributed by atoms with E-state index in [1.54, 1.807) is 0 Å². The largest absolute Gasteiger partial charge is 0.489 e. The van der Waals surface area contributed by atoms with Crippen LogP contribution in [0.4, 0.5) is 0 Å². The Labute approximate surface area is 76.9 Å². The highest BCUT2D eigenvalue weighted by Gasteiger charge is 2.33. The van der Waals surface area contributed by atoms with Gasteiger partial charge in [-0.05, 0) is 18.9 Å². The Bertz CT molecular complexity index is 347. The summed E-state index contributed by atoms with van der Waals surface area (Å²) >= 11 is 0. The number of nitrogens with two attached hydrogens (primary N) is 1. The van der Waals surface area contributed by atoms with E-state index in [9.17, 15) is 0 Å². The van der Waals surface area contributed by atoms with Crippen molar-refractivity contribution in [2.75, 3.05) is 6.61 Å². The van der Waals surface area contributed by atoms with Gasteiger partial charge in [0.25, 0.3) is 0 Å². The highest BCUT2D eigenvalue weighted by atomic mass is 16.5. The molecule has 2 N–H and O–H groups in total. The molecule has 1 aromatic rings. The number of pyridine rings is 1. The average molecular weight is 176 g/mol. The highest BCUT2D eigenvalue weighted by molar-refractivity contribution is 5.44. The number of aromatic nitrogens is 1. The zero-order chi connectivity index (χ0) is 8.84. The molecule has 2 heterocycles. The minimum atomic E-state index is 0.0514. The van der Waals surface area contributed by atoms with Crippen LogP contribution in [0.25, 0.3) is 0 Å². The molecular formula is C10H12N2O. The lowest BCUT2D eigenvalue weighted by Crippen LogP contribution is -2.10. The van der Waals surface area contributed by atoms with Gasteiger partial charge < -0.3 is 10.5 Å². The number of hydrogen-bond acceptors (Lipinski definition) is 3. The summed E-state index contributed by atoms with van der Waals surface area (Å²) < 4.78 is 5.56. The van der Waals surface area contributed by atoms with Gasteiger partial charge in [0.1, 0.15) is 12.4 Å². The molecule has 1 atom stereocenters. The molecule has 0 amide bonds. The summed E-state index contributed by atoms with van der Waals surface area (Å²) in [7, 11) is 0. The van der Waals surface area contributed by atoms with Crippen LogP contribution in [0.2, 0.25) is 0 Å². The number of rotatable bonds is 1. The first-order valence-corrected chi connectivity index (χ1v) is 4.73. The van der Waals surface area contributed by atoms with Gasteiger partial charge in [-0.3, -0.25) is 4.98 Å². The van der Waals surface area contributed by atoms with Gasteiger partial charge in [-0.15, -0.1) is 0 Å². The molecule has 1 saturated carbocycles. The van der Waals surface area contributed by atoms with E-state index in [2.05, 4.69) is 4.98 Å². The van der Waals surface area contributed by atoms with Gasteiger partial charge in [-0.25, -0.2) is 0 Å². The minimum Gasteiger partial charge on any atom is -0.489 e. The van der Waals surface area contributed by atoms with Gasteiger partial charge in [-0.1, -0.05) is 0 Å². The number of hydrogen-bond donors (Lipinski definition) is 1. The quantitative estimate of drug-likeness (QED) is 0.702. The SMILES string of the molecule is NC1COc2c1ccnc2C1CC1. The summed E-state index contributed by atoms with van der Waals surface area (Å²) in [6, 6.07) is 2.02. The zero-order valence-electron chi connectivity index (χ0n) is 7.36. The van der Waals surface area contributed by atoms with E-state index in [0.717, 1.165) is 17.0 Å². The molecule has 3 nitrogen and oxygen atoms in total. The smallest absolute Gasteiger partial charge is 0.146 e. The molecule has 2 aliphatic rings. The lowest BCUT2D eigenvalue weighted by Gasteiger charge is -2.04. The molecule has 3 heteroatoms. The van der Waals surface area contributed by atoms with Gasteiger partial charge in [-0.2, -0.15) is 0 Å². The number of nitrogens with zero attached hydrogens (tertiary/aromatic N) is 1. The zero-order valence-corrected chi connectivity index (χ0v) is 7.36. The lowest BCUT2D eigenvalue weighted by atomic mass is 10.1. The van der Waals surface area contributed by atoms with E-state index >= 15 is 0 Å². The maximum Gasteiger partial charge on any atom is 0.146 e. The molecule has 1 aliphatic carbocycles. The Morgan fingerprint density at radius 1 is 1.46 bits per heavy atom. The molecule has 13 heavy (non-hydrogen) atoms. The van der Waals surface area contributed by atoms with Crippen molar-refractivity contribution < 1.29 is 4.74 Å². The van der Waals surface area contributed by atoms with Crippen LogP contribution in [0.5, 0.6) is 5.75 Å². The van der Waals surface area contributed by atoms with Crippen molar-refractivity contribution in [3.63, 3.8) is 0 Å². The van der Waals surface area contributed by atoms with E-state index in [4.69, 9.17) is 10.5 Å². The minimum absolute atomic E-state index is 0.0514. The van der Waals surface area contributed by atoms with E-state index in [1.807, 2.05) is 12.3 Å². The molecule has 0 bridgehead atoms. The molecule has 1 fully saturated rings. The van der Waals surface area contributed by atoms with Crippen LogP contribution in [0.15, 0.2) is 12.3 Å². The van der Waals surface area contributed by atoms with Crippen molar-refractivity contribution in [1.29, 1.82) is 0 Å². The first-order valence-electron chi connectivity index (χ1n) is 4.73. The predicted octanol–water partition coefficient (Wildman–Crippen LogP) is 1.35. The van der Waals surface area contributed by atoms with Gasteiger partial charge in [0.2, 0.25) is 0 Å². The Balaban J connectivity index is 2.11. The standard InChI is InChI=1S/C10H12N2O/c11-8-5-13-10-7(8)3-4-12-9(10)6-1-2-6/h3-4,6,8H,1-2,5,11H2. The van der Waals surface area contributed by atoms with Crippen molar-refractivity contribution >= 4 is 0 Å². The third-order valence-electron chi connectivity index (χ3n) is 2.73. The molecule has 0 aromatic carbocycles. The fourth-order valence-corrected chi connectivity index (χ4v) is 1.84. The highest BCUT2D eigenvalue weighted by Crippen LogP contribution is 2.46. The maximum atomic E-state index is 5.88. The van der Waals surface area contributed by atoms with Crippen molar-refractivity contribution in [2.24, 2.45) is 5.73 Å². The predicted molar refractivity (Wildman–Crippen MR) is 48.6 cm³/mol. The molecule has 1 aromatic heterocycles. The van der Waals surface area contributed by atoms with E-state index in [0.29, 0.717) is 12.5 Å². The normalized spacial score (nSPS) is 25.5. The van der Waals surface area contributed by atoms with Gasteiger partial charge >= 0.3 is 0 Å². The van der Waals surface area contributed by atoms with Crippen LogP contribution >= 0.6 is 0 Å². The van der Waals surface area contributed by atoms with Gasteiger partial charge in [0.05, 0.1) is 11.7 Å². The average Bonchev–Trinajstić information content (AvgIpc) is 2.92. The second kappa shape index (κ2) is 2.45. The second-order valence-corrected chi connectivity index (χ2v) is 3.81.